The molecule has 0 aromatic heterocycles. The van der Waals surface area contributed by atoms with Crippen LogP contribution in [0.1, 0.15) is 304 Å². The second-order valence-electron chi connectivity index (χ2n) is 38.0. The van der Waals surface area contributed by atoms with Crippen molar-refractivity contribution in [2.45, 2.75) is 309 Å². The minimum absolute atomic E-state index is 0.00640. The summed E-state index contributed by atoms with van der Waals surface area (Å²) in [5.74, 6) is 5.23. The van der Waals surface area contributed by atoms with Crippen molar-refractivity contribution in [3.63, 3.8) is 0 Å². The number of hydrogen-bond acceptors (Lipinski definition) is 14. The number of aliphatic hydroxyl groups excluding tert-OH is 1. The van der Waals surface area contributed by atoms with Crippen molar-refractivity contribution >= 4 is 30.5 Å². The van der Waals surface area contributed by atoms with E-state index in [0.717, 1.165) is 59.6 Å². The lowest BCUT2D eigenvalue weighted by molar-refractivity contribution is -0.140. The van der Waals surface area contributed by atoms with Gasteiger partial charge in [0.25, 0.3) is 0 Å². The van der Waals surface area contributed by atoms with E-state index < -0.39 is 59.6 Å². The van der Waals surface area contributed by atoms with Crippen LogP contribution < -0.4 is 28.4 Å². The van der Waals surface area contributed by atoms with Crippen LogP contribution in [0.3, 0.4) is 0 Å². The van der Waals surface area contributed by atoms with Gasteiger partial charge >= 0.3 is 12.4 Å². The second kappa shape index (κ2) is 57.5. The minimum atomic E-state index is -4.45. The Kier molecular flexibility index (Phi) is 51.2. The fraction of sp³-hybridized carbons (Fsp3) is 0.509. The standard InChI is InChI=1S/C13H20O3S.C13H18O2.2C13H20O.C12H16F3NO.C12H17FO.C12H16O2S.C11H13F3OS.C11H15FO/c1-10(2)7-8-16-12-6-5-11(3)9-13(12)17(4,14)15;1-10-7-8-12(13(9-10)14-2)15-11-5-3-4-6-11;1-10(2)12-7-5-11(6-8-12)9-13(3,4)14;1-9(2)11-5-7-12(8-6-11)13(14)10(3)4;1-9-4-5-11(17-7-6-16(2)3)10(8-9)12(13,14)15;1-8(2)10-6-5-7-11(12(10)13)14-9(3)4;1-9(2)10-3-5-11(6-4-10)15(13,14)12-7-8-12;1-7(2)8-4-5-10(16(3)15)9(6-8)11(12,13)14;1-4-13-11-9(8(2)3)6-5-7-10(11)12/h5-6,9-10H,7-8H2,1-4H3;7-9,11H,3-6H2,1-2H3;5-8,10,14H,9H2,1-4H3;5-10,13-14H,1-4H3;4-5,8H,6-7H2,1-3H3;5-9H,1-4H3;3-6,9,12H,7-8H2,1-2H3;4-7H,1-3H3;5-8H,4H2,1-3H3. The monoisotopic (exact) mass is 1950 g/mol. The van der Waals surface area contributed by atoms with Crippen LogP contribution in [0.2, 0.25) is 0 Å². The van der Waals surface area contributed by atoms with Gasteiger partial charge in [0.05, 0.1) is 81.2 Å². The molecular formula is C110H155F8NO13S3. The van der Waals surface area contributed by atoms with Gasteiger partial charge in [0.2, 0.25) is 0 Å². The van der Waals surface area contributed by atoms with Crippen LogP contribution in [0, 0.1) is 44.2 Å². The molecule has 135 heavy (non-hydrogen) atoms. The maximum Gasteiger partial charge on any atom is 0.419 e. The van der Waals surface area contributed by atoms with Gasteiger partial charge in [-0.25, -0.2) is 25.6 Å². The van der Waals surface area contributed by atoms with Crippen molar-refractivity contribution < 1.29 is 94.8 Å². The van der Waals surface area contributed by atoms with Gasteiger partial charge in [-0.2, -0.15) is 26.3 Å². The number of ether oxygens (including phenoxy) is 6. The summed E-state index contributed by atoms with van der Waals surface area (Å²) in [6.45, 7) is 49.5. The van der Waals surface area contributed by atoms with Gasteiger partial charge < -0.3 is 43.5 Å². The maximum absolute atomic E-state index is 13.8. The third-order valence-corrected chi connectivity index (χ3v) is 25.8. The van der Waals surface area contributed by atoms with Crippen molar-refractivity contribution in [3.8, 4) is 34.5 Å². The van der Waals surface area contributed by atoms with E-state index in [0.29, 0.717) is 94.8 Å². The number of halogens is 8. The number of alkyl halides is 6. The Morgan fingerprint density at radius 3 is 1.41 bits per heavy atom. The molecule has 2 N–H and O–H groups in total. The topological polar surface area (TPSA) is 184 Å². The summed E-state index contributed by atoms with van der Waals surface area (Å²) >= 11 is 0. The molecule has 14 nitrogen and oxygen atoms in total. The first-order valence-corrected chi connectivity index (χ1v) is 51.8. The molecule has 0 saturated heterocycles. The molecule has 2 saturated carbocycles. The Balaban J connectivity index is 0.000000391. The van der Waals surface area contributed by atoms with Crippen LogP contribution in [0.15, 0.2) is 197 Å². The Bertz CT molecular complexity index is 5230. The molecular weight excluding hydrogens is 1790 g/mol. The van der Waals surface area contributed by atoms with E-state index in [9.17, 15) is 66.4 Å². The van der Waals surface area contributed by atoms with E-state index in [2.05, 4.69) is 105 Å². The number of aliphatic hydroxyl groups is 2. The quantitative estimate of drug-likeness (QED) is 0.0422. The lowest BCUT2D eigenvalue weighted by Gasteiger charge is -2.17. The molecule has 9 aromatic carbocycles. The molecule has 9 aromatic rings. The molecule has 2 atom stereocenters. The molecule has 2 fully saturated rings. The van der Waals surface area contributed by atoms with Crippen LogP contribution in [0.4, 0.5) is 35.1 Å². The highest BCUT2D eigenvalue weighted by atomic mass is 32.2. The van der Waals surface area contributed by atoms with Crippen molar-refractivity contribution in [2.75, 3.05) is 60.1 Å². The number of benzene rings is 9. The zero-order chi connectivity index (χ0) is 102. The maximum atomic E-state index is 13.8. The van der Waals surface area contributed by atoms with Gasteiger partial charge in [-0.15, -0.1) is 0 Å². The number of rotatable bonds is 29. The molecule has 11 rings (SSSR count). The van der Waals surface area contributed by atoms with E-state index in [1.807, 2.05) is 171 Å². The highest BCUT2D eigenvalue weighted by Crippen LogP contribution is 2.40. The highest BCUT2D eigenvalue weighted by Gasteiger charge is 2.38. The molecule has 0 amide bonds. The smallest absolute Gasteiger partial charge is 0.419 e. The zero-order valence-electron chi connectivity index (χ0n) is 85.3. The lowest BCUT2D eigenvalue weighted by atomic mass is 9.96. The van der Waals surface area contributed by atoms with Gasteiger partial charge in [0.1, 0.15) is 23.0 Å². The van der Waals surface area contributed by atoms with Gasteiger partial charge in [0.15, 0.2) is 54.3 Å². The molecule has 752 valence electrons. The normalized spacial score (nSPS) is 13.3. The molecule has 2 aliphatic carbocycles. The van der Waals surface area contributed by atoms with Gasteiger partial charge in [-0.1, -0.05) is 226 Å². The number of aryl methyl sites for hydroxylation is 3. The van der Waals surface area contributed by atoms with Crippen molar-refractivity contribution in [1.29, 1.82) is 0 Å². The second-order valence-corrected chi connectivity index (χ2v) is 43.6. The number of methoxy groups -OCH3 is 1. The average molecular weight is 1950 g/mol. The number of likely N-dealkylation sites (N-methyl/N-ethyl adjacent to an activating group) is 1. The minimum Gasteiger partial charge on any atom is -0.493 e. The van der Waals surface area contributed by atoms with Crippen LogP contribution in [-0.2, 0) is 49.2 Å². The number of hydrogen-bond donors (Lipinski definition) is 2. The molecule has 2 aliphatic rings. The van der Waals surface area contributed by atoms with E-state index in [1.165, 1.54) is 84.2 Å². The Morgan fingerprint density at radius 1 is 0.504 bits per heavy atom. The van der Waals surface area contributed by atoms with Gasteiger partial charge in [-0.3, -0.25) is 4.21 Å². The molecule has 25 heteroatoms. The highest BCUT2D eigenvalue weighted by molar-refractivity contribution is 7.92. The molecule has 2 unspecified atom stereocenters. The van der Waals surface area contributed by atoms with Crippen LogP contribution in [0.25, 0.3) is 0 Å². The number of nitrogens with zero attached hydrogens (tertiary/aromatic N) is 1. The Hall–Kier alpha value is -8.85. The molecule has 0 bridgehead atoms. The predicted octanol–water partition coefficient (Wildman–Crippen LogP) is 29.1. The number of sulfone groups is 2. The summed E-state index contributed by atoms with van der Waals surface area (Å²) < 4.78 is 194. The first-order chi connectivity index (χ1) is 62.7. The Labute approximate surface area is 806 Å². The first-order valence-electron chi connectivity index (χ1n) is 46.8. The van der Waals surface area contributed by atoms with E-state index in [4.69, 9.17) is 28.4 Å². The van der Waals surface area contributed by atoms with Gasteiger partial charge in [-0.05, 0) is 290 Å². The average Bonchev–Trinajstić information content (AvgIpc) is 1.58. The fourth-order valence-corrected chi connectivity index (χ4v) is 16.7. The largest absolute Gasteiger partial charge is 0.493 e. The molecule has 0 heterocycles. The third-order valence-electron chi connectivity index (χ3n) is 21.5. The third kappa shape index (κ3) is 44.2. The number of para-hydroxylation sites is 1. The fourth-order valence-electron chi connectivity index (χ4n) is 13.4. The molecule has 0 spiro atoms. The van der Waals surface area contributed by atoms with Gasteiger partial charge in [0, 0.05) is 25.5 Å². The van der Waals surface area contributed by atoms with Crippen molar-refractivity contribution in [2.24, 2.45) is 11.8 Å². The predicted molar refractivity (Wildman–Crippen MR) is 537 cm³/mol. The van der Waals surface area contributed by atoms with Crippen LogP contribution >= 0.6 is 0 Å². The molecule has 0 aliphatic heterocycles. The summed E-state index contributed by atoms with van der Waals surface area (Å²) in [7, 11) is -2.50. The van der Waals surface area contributed by atoms with Crippen molar-refractivity contribution in [1.82, 2.24) is 4.90 Å². The van der Waals surface area contributed by atoms with E-state index in [-0.39, 0.29) is 74.9 Å². The van der Waals surface area contributed by atoms with E-state index in [1.54, 1.807) is 68.6 Å². The molecule has 0 radical (unpaired) electrons. The van der Waals surface area contributed by atoms with Crippen LogP contribution in [-0.4, -0.2) is 119 Å². The first kappa shape index (κ1) is 120. The summed E-state index contributed by atoms with van der Waals surface area (Å²) in [6, 6.07) is 53.8. The summed E-state index contributed by atoms with van der Waals surface area (Å²) in [4.78, 5) is 2.45. The summed E-state index contributed by atoms with van der Waals surface area (Å²) in [5, 5.41) is 19.4. The Morgan fingerprint density at radius 2 is 0.963 bits per heavy atom. The van der Waals surface area contributed by atoms with Crippen molar-refractivity contribution in [3.05, 3.63) is 266 Å². The van der Waals surface area contributed by atoms with E-state index >= 15 is 0 Å². The lowest BCUT2D eigenvalue weighted by Crippen LogP contribution is -2.21. The van der Waals surface area contributed by atoms with Crippen LogP contribution in [0.5, 0.6) is 34.5 Å². The summed E-state index contributed by atoms with van der Waals surface area (Å²) in [5.41, 5.74) is 8.89. The zero-order valence-corrected chi connectivity index (χ0v) is 87.8. The SMILES string of the molecule is CC(C)Oc1cccc(C(C)C)c1F.CC(C)c1ccc(C(O)C(C)C)cc1.CC(C)c1ccc(CC(C)(C)O)cc1.CC(C)c1ccc(S(=O)(=O)C2CC2)cc1.CC(C)c1ccc(S(C)=O)c(C(F)(F)F)c1.CCOc1c(F)cccc1C(C)C.COc1cc(C)ccc1OC1CCCC1.Cc1ccc(OCCC(C)C)c(S(C)(=O)=O)c1.Cc1ccc(OCCN(C)C)c(C(F)(F)F)c1. The summed E-state index contributed by atoms with van der Waals surface area (Å²) in [6.07, 6.45) is 1.91.